The van der Waals surface area contributed by atoms with E-state index in [0.717, 1.165) is 16.2 Å². The highest BCUT2D eigenvalue weighted by atomic mass is 79.9. The van der Waals surface area contributed by atoms with Crippen molar-refractivity contribution in [1.82, 2.24) is 9.97 Å². The molecular weight excluding hydrogens is 287 g/mol. The molecule has 0 amide bonds. The maximum Gasteiger partial charge on any atom is 0.185 e. The summed E-state index contributed by atoms with van der Waals surface area (Å²) in [7, 11) is 0. The first-order chi connectivity index (χ1) is 8.15. The second-order valence-corrected chi connectivity index (χ2v) is 4.39. The van der Waals surface area contributed by atoms with Gasteiger partial charge in [0.2, 0.25) is 0 Å². The second-order valence-electron chi connectivity index (χ2n) is 3.47. The van der Waals surface area contributed by atoms with Crippen molar-refractivity contribution in [3.05, 3.63) is 58.3 Å². The Kier molecular flexibility index (Phi) is 3.58. The Bertz CT molecular complexity index is 542. The molecule has 0 unspecified atom stereocenters. The fourth-order valence-corrected chi connectivity index (χ4v) is 1.78. The average molecular weight is 295 g/mol. The predicted molar refractivity (Wildman–Crippen MR) is 64.2 cm³/mol. The lowest BCUT2D eigenvalue weighted by Gasteiger charge is -2.01. The fraction of sp³-hybridized carbons (Fsp3) is 0.0833. The third-order valence-corrected chi connectivity index (χ3v) is 2.57. The lowest BCUT2D eigenvalue weighted by molar-refractivity contribution is 0.0988. The number of rotatable bonds is 3. The van der Waals surface area contributed by atoms with Gasteiger partial charge in [-0.05, 0) is 39.7 Å². The highest BCUT2D eigenvalue weighted by Gasteiger charge is 2.09. The van der Waals surface area contributed by atoms with Gasteiger partial charge in [0.15, 0.2) is 5.78 Å². The molecule has 0 bridgehead atoms. The van der Waals surface area contributed by atoms with Gasteiger partial charge in [0.25, 0.3) is 0 Å². The van der Waals surface area contributed by atoms with Crippen LogP contribution in [0, 0.1) is 5.82 Å². The predicted octanol–water partition coefficient (Wildman–Crippen LogP) is 2.80. The van der Waals surface area contributed by atoms with Gasteiger partial charge in [-0.3, -0.25) is 14.8 Å². The molecule has 2 aromatic heterocycles. The summed E-state index contributed by atoms with van der Waals surface area (Å²) in [5.74, 6) is -0.615. The van der Waals surface area contributed by atoms with Gasteiger partial charge in [-0.1, -0.05) is 0 Å². The van der Waals surface area contributed by atoms with E-state index in [1.165, 1.54) is 12.1 Å². The summed E-state index contributed by atoms with van der Waals surface area (Å²) in [4.78, 5) is 19.5. The number of aromatic nitrogens is 2. The highest BCUT2D eigenvalue weighted by molar-refractivity contribution is 9.10. The standard InChI is InChI=1S/C12H8BrFN2O/c13-9-3-8(5-15-6-9)4-12(17)11-2-1-10(14)7-16-11/h1-3,5-7H,4H2. The smallest absolute Gasteiger partial charge is 0.185 e. The van der Waals surface area contributed by atoms with E-state index in [1.54, 1.807) is 12.4 Å². The number of nitrogens with zero attached hydrogens (tertiary/aromatic N) is 2. The molecule has 86 valence electrons. The van der Waals surface area contributed by atoms with Crippen LogP contribution >= 0.6 is 15.9 Å². The zero-order chi connectivity index (χ0) is 12.3. The molecule has 3 nitrogen and oxygen atoms in total. The lowest BCUT2D eigenvalue weighted by atomic mass is 10.1. The number of hydrogen-bond acceptors (Lipinski definition) is 3. The molecule has 17 heavy (non-hydrogen) atoms. The van der Waals surface area contributed by atoms with Crippen LogP contribution in [-0.4, -0.2) is 15.8 Å². The number of halogens is 2. The Labute approximate surface area is 106 Å². The van der Waals surface area contributed by atoms with Gasteiger partial charge in [0, 0.05) is 23.3 Å². The van der Waals surface area contributed by atoms with Crippen LogP contribution in [0.1, 0.15) is 16.1 Å². The minimum Gasteiger partial charge on any atom is -0.292 e. The summed E-state index contributed by atoms with van der Waals surface area (Å²) in [5.41, 5.74) is 1.04. The van der Waals surface area contributed by atoms with Crippen LogP contribution in [0.25, 0.3) is 0 Å². The van der Waals surface area contributed by atoms with Crippen LogP contribution in [-0.2, 0) is 6.42 Å². The molecule has 2 heterocycles. The van der Waals surface area contributed by atoms with Gasteiger partial charge in [0.1, 0.15) is 11.5 Å². The first-order valence-electron chi connectivity index (χ1n) is 4.89. The Morgan fingerprint density at radius 2 is 2.12 bits per heavy atom. The maximum absolute atomic E-state index is 12.6. The molecule has 0 radical (unpaired) electrons. The van der Waals surface area contributed by atoms with Crippen molar-refractivity contribution in [1.29, 1.82) is 0 Å². The van der Waals surface area contributed by atoms with Crippen LogP contribution in [0.2, 0.25) is 0 Å². The zero-order valence-corrected chi connectivity index (χ0v) is 10.3. The number of pyridine rings is 2. The van der Waals surface area contributed by atoms with Crippen molar-refractivity contribution in [3.63, 3.8) is 0 Å². The van der Waals surface area contributed by atoms with E-state index in [4.69, 9.17) is 0 Å². The first-order valence-corrected chi connectivity index (χ1v) is 5.68. The fourth-order valence-electron chi connectivity index (χ4n) is 1.37. The SMILES string of the molecule is O=C(Cc1cncc(Br)c1)c1ccc(F)cn1. The van der Waals surface area contributed by atoms with E-state index in [-0.39, 0.29) is 17.9 Å². The summed E-state index contributed by atoms with van der Waals surface area (Å²) >= 11 is 3.28. The minimum absolute atomic E-state index is 0.162. The van der Waals surface area contributed by atoms with Crippen LogP contribution in [0.5, 0.6) is 0 Å². The van der Waals surface area contributed by atoms with Gasteiger partial charge < -0.3 is 0 Å². The van der Waals surface area contributed by atoms with Crippen LogP contribution < -0.4 is 0 Å². The van der Waals surface area contributed by atoms with Gasteiger partial charge in [0.05, 0.1) is 6.20 Å². The van der Waals surface area contributed by atoms with E-state index in [2.05, 4.69) is 25.9 Å². The van der Waals surface area contributed by atoms with Crippen LogP contribution in [0.15, 0.2) is 41.3 Å². The van der Waals surface area contributed by atoms with Gasteiger partial charge >= 0.3 is 0 Å². The number of Topliss-reactive ketones (excluding diaryl/α,β-unsaturated/α-hetero) is 1. The molecule has 0 aliphatic carbocycles. The van der Waals surface area contributed by atoms with Crippen molar-refractivity contribution >= 4 is 21.7 Å². The van der Waals surface area contributed by atoms with Crippen LogP contribution in [0.3, 0.4) is 0 Å². The van der Waals surface area contributed by atoms with Crippen molar-refractivity contribution in [2.75, 3.05) is 0 Å². The molecule has 5 heteroatoms. The number of ketones is 1. The molecule has 0 aromatic carbocycles. The first kappa shape index (κ1) is 11.9. The molecule has 0 saturated heterocycles. The molecule has 0 saturated carbocycles. The van der Waals surface area contributed by atoms with Crippen molar-refractivity contribution in [2.24, 2.45) is 0 Å². The van der Waals surface area contributed by atoms with E-state index >= 15 is 0 Å². The lowest BCUT2D eigenvalue weighted by Crippen LogP contribution is -2.06. The zero-order valence-electron chi connectivity index (χ0n) is 8.73. The largest absolute Gasteiger partial charge is 0.292 e. The second kappa shape index (κ2) is 5.14. The third-order valence-electron chi connectivity index (χ3n) is 2.14. The summed E-state index contributed by atoms with van der Waals surface area (Å²) in [6.07, 6.45) is 4.49. The molecule has 2 rings (SSSR count). The molecule has 0 spiro atoms. The van der Waals surface area contributed by atoms with Gasteiger partial charge in [-0.15, -0.1) is 0 Å². The Morgan fingerprint density at radius 1 is 1.29 bits per heavy atom. The average Bonchev–Trinajstić information content (AvgIpc) is 2.29. The van der Waals surface area contributed by atoms with Crippen molar-refractivity contribution in [2.45, 2.75) is 6.42 Å². The molecule has 0 aliphatic rings. The molecule has 0 fully saturated rings. The summed E-state index contributed by atoms with van der Waals surface area (Å²) in [6, 6.07) is 4.41. The van der Waals surface area contributed by atoms with Gasteiger partial charge in [-0.25, -0.2) is 4.39 Å². The van der Waals surface area contributed by atoms with E-state index in [1.807, 2.05) is 6.07 Å². The molecule has 0 atom stereocenters. The highest BCUT2D eigenvalue weighted by Crippen LogP contribution is 2.11. The number of carbonyl (C=O) groups is 1. The van der Waals surface area contributed by atoms with E-state index in [0.29, 0.717) is 0 Å². The van der Waals surface area contributed by atoms with Gasteiger partial charge in [-0.2, -0.15) is 0 Å². The molecule has 0 aliphatic heterocycles. The molecule has 2 aromatic rings. The monoisotopic (exact) mass is 294 g/mol. The molecule has 0 N–H and O–H groups in total. The summed E-state index contributed by atoms with van der Waals surface area (Å²) < 4.78 is 13.5. The third kappa shape index (κ3) is 3.17. The maximum atomic E-state index is 12.6. The number of hydrogen-bond donors (Lipinski definition) is 0. The molecular formula is C12H8BrFN2O. The Balaban J connectivity index is 2.14. The van der Waals surface area contributed by atoms with Crippen LogP contribution in [0.4, 0.5) is 4.39 Å². The van der Waals surface area contributed by atoms with E-state index < -0.39 is 5.82 Å². The Hall–Kier alpha value is -1.62. The topological polar surface area (TPSA) is 42.9 Å². The van der Waals surface area contributed by atoms with Crippen molar-refractivity contribution in [3.8, 4) is 0 Å². The summed E-state index contributed by atoms with van der Waals surface area (Å²) in [6.45, 7) is 0. The minimum atomic E-state index is -0.453. The summed E-state index contributed by atoms with van der Waals surface area (Å²) in [5, 5.41) is 0. The quantitative estimate of drug-likeness (QED) is 0.818. The van der Waals surface area contributed by atoms with Crippen molar-refractivity contribution < 1.29 is 9.18 Å². The number of carbonyl (C=O) groups excluding carboxylic acids is 1. The Morgan fingerprint density at radius 3 is 2.76 bits per heavy atom. The normalized spacial score (nSPS) is 10.2. The van der Waals surface area contributed by atoms with E-state index in [9.17, 15) is 9.18 Å².